The van der Waals surface area contributed by atoms with Gasteiger partial charge in [0.2, 0.25) is 0 Å². The molecule has 0 amide bonds. The van der Waals surface area contributed by atoms with Crippen LogP contribution in [0, 0.1) is 0 Å². The van der Waals surface area contributed by atoms with E-state index in [1.54, 1.807) is 18.2 Å². The average molecular weight is 194 g/mol. The minimum atomic E-state index is 0.110. The van der Waals surface area contributed by atoms with Crippen molar-refractivity contribution < 1.29 is 9.47 Å². The van der Waals surface area contributed by atoms with Crippen molar-refractivity contribution in [3.05, 3.63) is 18.2 Å². The molecule has 1 saturated heterocycles. The fourth-order valence-corrected chi connectivity index (χ4v) is 1.44. The van der Waals surface area contributed by atoms with Crippen LogP contribution in [0.15, 0.2) is 18.2 Å². The maximum absolute atomic E-state index is 5.75. The minimum absolute atomic E-state index is 0.110. The molecule has 0 bridgehead atoms. The van der Waals surface area contributed by atoms with Crippen LogP contribution in [0.2, 0.25) is 0 Å². The first-order valence-electron chi connectivity index (χ1n) is 4.65. The standard InChI is InChI=1S/C10H14N2O2/c11-7-1-2-9(12)10(5-7)14-8-3-4-13-6-8/h1-2,5,8H,3-4,6,11-12H2. The fraction of sp³-hybridized carbons (Fsp3) is 0.400. The summed E-state index contributed by atoms with van der Waals surface area (Å²) >= 11 is 0. The van der Waals surface area contributed by atoms with Crippen LogP contribution in [0.4, 0.5) is 11.4 Å². The lowest BCUT2D eigenvalue weighted by atomic mass is 10.2. The van der Waals surface area contributed by atoms with Gasteiger partial charge in [0.05, 0.1) is 18.9 Å². The molecule has 0 spiro atoms. The predicted octanol–water partition coefficient (Wildman–Crippen LogP) is 1.02. The highest BCUT2D eigenvalue weighted by molar-refractivity contribution is 5.59. The van der Waals surface area contributed by atoms with Gasteiger partial charge in [0.15, 0.2) is 0 Å². The Hall–Kier alpha value is -1.42. The molecular weight excluding hydrogens is 180 g/mol. The third-order valence-electron chi connectivity index (χ3n) is 2.22. The van der Waals surface area contributed by atoms with Crippen LogP contribution in [0.25, 0.3) is 0 Å². The third kappa shape index (κ3) is 1.90. The summed E-state index contributed by atoms with van der Waals surface area (Å²) in [7, 11) is 0. The van der Waals surface area contributed by atoms with Crippen molar-refractivity contribution in [2.45, 2.75) is 12.5 Å². The summed E-state index contributed by atoms with van der Waals surface area (Å²) in [6, 6.07) is 5.25. The highest BCUT2D eigenvalue weighted by Crippen LogP contribution is 2.26. The molecule has 1 heterocycles. The third-order valence-corrected chi connectivity index (χ3v) is 2.22. The molecule has 0 aliphatic carbocycles. The van der Waals surface area contributed by atoms with E-state index >= 15 is 0 Å². The summed E-state index contributed by atoms with van der Waals surface area (Å²) in [5.41, 5.74) is 12.7. The van der Waals surface area contributed by atoms with Gasteiger partial charge >= 0.3 is 0 Å². The molecule has 1 atom stereocenters. The Kier molecular flexibility index (Phi) is 2.45. The first kappa shape index (κ1) is 9.15. The van der Waals surface area contributed by atoms with Gasteiger partial charge in [0.25, 0.3) is 0 Å². The fourth-order valence-electron chi connectivity index (χ4n) is 1.44. The van der Waals surface area contributed by atoms with Gasteiger partial charge in [-0.1, -0.05) is 0 Å². The number of benzene rings is 1. The number of nitrogens with two attached hydrogens (primary N) is 2. The Labute approximate surface area is 82.8 Å². The lowest BCUT2D eigenvalue weighted by molar-refractivity contribution is 0.142. The van der Waals surface area contributed by atoms with Crippen molar-refractivity contribution in [2.24, 2.45) is 0 Å². The van der Waals surface area contributed by atoms with Gasteiger partial charge in [-0.05, 0) is 12.1 Å². The summed E-state index contributed by atoms with van der Waals surface area (Å²) in [4.78, 5) is 0. The molecule has 0 saturated carbocycles. The molecule has 1 unspecified atom stereocenters. The molecule has 0 aromatic heterocycles. The highest BCUT2D eigenvalue weighted by Gasteiger charge is 2.18. The molecule has 1 aliphatic heterocycles. The van der Waals surface area contributed by atoms with Gasteiger partial charge in [-0.3, -0.25) is 0 Å². The summed E-state index contributed by atoms with van der Waals surface area (Å²) < 4.78 is 10.9. The topological polar surface area (TPSA) is 70.5 Å². The van der Waals surface area contributed by atoms with Crippen molar-refractivity contribution in [1.82, 2.24) is 0 Å². The minimum Gasteiger partial charge on any atom is -0.486 e. The number of ether oxygens (including phenoxy) is 2. The van der Waals surface area contributed by atoms with Crippen LogP contribution in [0.5, 0.6) is 5.75 Å². The monoisotopic (exact) mass is 194 g/mol. The Morgan fingerprint density at radius 2 is 2.21 bits per heavy atom. The number of nitrogen functional groups attached to an aromatic ring is 2. The van der Waals surface area contributed by atoms with E-state index in [4.69, 9.17) is 20.9 Å². The molecule has 1 aliphatic rings. The molecule has 1 aromatic rings. The van der Waals surface area contributed by atoms with E-state index in [2.05, 4.69) is 0 Å². The number of rotatable bonds is 2. The normalized spacial score (nSPS) is 21.0. The van der Waals surface area contributed by atoms with Gasteiger partial charge in [-0.2, -0.15) is 0 Å². The van der Waals surface area contributed by atoms with E-state index in [9.17, 15) is 0 Å². The van der Waals surface area contributed by atoms with Crippen LogP contribution >= 0.6 is 0 Å². The number of hydrogen-bond donors (Lipinski definition) is 2. The second-order valence-corrected chi connectivity index (χ2v) is 3.40. The average Bonchev–Trinajstić information content (AvgIpc) is 2.64. The van der Waals surface area contributed by atoms with Gasteiger partial charge in [0, 0.05) is 18.2 Å². The quantitative estimate of drug-likeness (QED) is 0.689. The van der Waals surface area contributed by atoms with Crippen molar-refractivity contribution in [1.29, 1.82) is 0 Å². The molecule has 76 valence electrons. The number of hydrogen-bond acceptors (Lipinski definition) is 4. The van der Waals surface area contributed by atoms with E-state index in [1.165, 1.54) is 0 Å². The second-order valence-electron chi connectivity index (χ2n) is 3.40. The zero-order chi connectivity index (χ0) is 9.97. The van der Waals surface area contributed by atoms with Gasteiger partial charge < -0.3 is 20.9 Å². The maximum Gasteiger partial charge on any atom is 0.144 e. The Morgan fingerprint density at radius 1 is 1.36 bits per heavy atom. The van der Waals surface area contributed by atoms with Gasteiger partial charge in [-0.15, -0.1) is 0 Å². The van der Waals surface area contributed by atoms with Crippen molar-refractivity contribution in [3.8, 4) is 5.75 Å². The molecule has 14 heavy (non-hydrogen) atoms. The Morgan fingerprint density at radius 3 is 2.93 bits per heavy atom. The predicted molar refractivity (Wildman–Crippen MR) is 55.1 cm³/mol. The second kappa shape index (κ2) is 3.75. The summed E-state index contributed by atoms with van der Waals surface area (Å²) in [6.07, 6.45) is 1.02. The van der Waals surface area contributed by atoms with E-state index < -0.39 is 0 Å². The Balaban J connectivity index is 2.10. The van der Waals surface area contributed by atoms with E-state index in [0.717, 1.165) is 13.0 Å². The molecule has 4 nitrogen and oxygen atoms in total. The van der Waals surface area contributed by atoms with Crippen molar-refractivity contribution in [2.75, 3.05) is 24.7 Å². The molecule has 2 rings (SSSR count). The van der Waals surface area contributed by atoms with Crippen LogP contribution in [-0.2, 0) is 4.74 Å². The van der Waals surface area contributed by atoms with Gasteiger partial charge in [-0.25, -0.2) is 0 Å². The molecule has 4 N–H and O–H groups in total. The number of anilines is 2. The zero-order valence-electron chi connectivity index (χ0n) is 7.90. The zero-order valence-corrected chi connectivity index (χ0v) is 7.90. The smallest absolute Gasteiger partial charge is 0.144 e. The lowest BCUT2D eigenvalue weighted by Gasteiger charge is -2.13. The lowest BCUT2D eigenvalue weighted by Crippen LogP contribution is -2.16. The summed E-state index contributed by atoms with van der Waals surface area (Å²) in [5.74, 6) is 0.653. The molecular formula is C10H14N2O2. The van der Waals surface area contributed by atoms with Crippen molar-refractivity contribution in [3.63, 3.8) is 0 Å². The van der Waals surface area contributed by atoms with Crippen LogP contribution < -0.4 is 16.2 Å². The van der Waals surface area contributed by atoms with Crippen molar-refractivity contribution >= 4 is 11.4 Å². The van der Waals surface area contributed by atoms with Crippen LogP contribution in [0.3, 0.4) is 0 Å². The first-order valence-corrected chi connectivity index (χ1v) is 4.65. The molecule has 1 aromatic carbocycles. The van der Waals surface area contributed by atoms with Gasteiger partial charge in [0.1, 0.15) is 11.9 Å². The van der Waals surface area contributed by atoms with E-state index in [1.807, 2.05) is 0 Å². The first-order chi connectivity index (χ1) is 6.75. The Bertz CT molecular complexity index is 322. The van der Waals surface area contributed by atoms with Crippen LogP contribution in [-0.4, -0.2) is 19.3 Å². The van der Waals surface area contributed by atoms with E-state index in [0.29, 0.717) is 23.7 Å². The molecule has 0 radical (unpaired) electrons. The highest BCUT2D eigenvalue weighted by atomic mass is 16.5. The molecule has 4 heteroatoms. The maximum atomic E-state index is 5.75. The van der Waals surface area contributed by atoms with Crippen LogP contribution in [0.1, 0.15) is 6.42 Å². The SMILES string of the molecule is Nc1ccc(N)c(OC2CCOC2)c1. The summed E-state index contributed by atoms with van der Waals surface area (Å²) in [6.45, 7) is 1.39. The molecule has 1 fully saturated rings. The largest absolute Gasteiger partial charge is 0.486 e. The summed E-state index contributed by atoms with van der Waals surface area (Å²) in [5, 5.41) is 0. The van der Waals surface area contributed by atoms with E-state index in [-0.39, 0.29) is 6.10 Å².